The molecular formula is C15H27ClN2O3. The van der Waals surface area contributed by atoms with Crippen molar-refractivity contribution in [3.63, 3.8) is 0 Å². The van der Waals surface area contributed by atoms with Crippen LogP contribution in [0.25, 0.3) is 0 Å². The van der Waals surface area contributed by atoms with E-state index in [1.54, 1.807) is 4.90 Å². The Kier molecular flexibility index (Phi) is 4.72. The topological polar surface area (TPSA) is 72.6 Å². The molecule has 0 unspecified atom stereocenters. The second-order valence-corrected chi connectivity index (χ2v) is 7.76. The molecule has 0 radical (unpaired) electrons. The molecule has 1 aliphatic heterocycles. The summed E-state index contributed by atoms with van der Waals surface area (Å²) in [5.41, 5.74) is 5.86. The first-order chi connectivity index (χ1) is 9.03. The Balaban J connectivity index is 0.00000220. The second-order valence-electron chi connectivity index (χ2n) is 7.76. The van der Waals surface area contributed by atoms with Crippen LogP contribution in [-0.4, -0.2) is 42.5 Å². The van der Waals surface area contributed by atoms with Crippen LogP contribution in [0, 0.1) is 22.7 Å². The fourth-order valence-electron chi connectivity index (χ4n) is 3.45. The lowest BCUT2D eigenvalue weighted by molar-refractivity contribution is -0.154. The van der Waals surface area contributed by atoms with E-state index in [1.165, 1.54) is 7.11 Å². The first kappa shape index (κ1) is 18.2. The third-order valence-electron chi connectivity index (χ3n) is 5.13. The second kappa shape index (κ2) is 5.43. The Bertz CT molecular complexity index is 445. The highest BCUT2D eigenvalue weighted by molar-refractivity contribution is 5.89. The summed E-state index contributed by atoms with van der Waals surface area (Å²) in [7, 11) is 1.37. The fraction of sp³-hybridized carbons (Fsp3) is 0.867. The predicted molar refractivity (Wildman–Crippen MR) is 83.0 cm³/mol. The third kappa shape index (κ3) is 2.78. The Hall–Kier alpha value is -0.810. The minimum Gasteiger partial charge on any atom is -0.467 e. The minimum atomic E-state index is -0.602. The number of nitrogens with zero attached hydrogens (tertiary/aromatic N) is 1. The lowest BCUT2D eigenvalue weighted by Gasteiger charge is -2.35. The zero-order valence-corrected chi connectivity index (χ0v) is 14.5. The summed E-state index contributed by atoms with van der Waals surface area (Å²) in [4.78, 5) is 26.3. The van der Waals surface area contributed by atoms with Gasteiger partial charge in [-0.2, -0.15) is 0 Å². The zero-order chi connectivity index (χ0) is 15.5. The summed E-state index contributed by atoms with van der Waals surface area (Å²) in [5.74, 6) is 0.113. The number of amides is 1. The van der Waals surface area contributed by atoms with Gasteiger partial charge in [-0.05, 0) is 16.7 Å². The molecule has 21 heavy (non-hydrogen) atoms. The smallest absolute Gasteiger partial charge is 0.328 e. The van der Waals surface area contributed by atoms with E-state index in [9.17, 15) is 9.59 Å². The van der Waals surface area contributed by atoms with Gasteiger partial charge in [0, 0.05) is 12.5 Å². The highest BCUT2D eigenvalue weighted by Crippen LogP contribution is 2.65. The van der Waals surface area contributed by atoms with E-state index in [0.29, 0.717) is 12.5 Å². The highest BCUT2D eigenvalue weighted by Gasteiger charge is 2.70. The molecule has 0 aromatic rings. The Morgan fingerprint density at radius 1 is 1.33 bits per heavy atom. The van der Waals surface area contributed by atoms with E-state index in [4.69, 9.17) is 10.5 Å². The summed E-state index contributed by atoms with van der Waals surface area (Å²) >= 11 is 0. The van der Waals surface area contributed by atoms with Crippen LogP contribution >= 0.6 is 12.4 Å². The van der Waals surface area contributed by atoms with Gasteiger partial charge in [0.15, 0.2) is 0 Å². The highest BCUT2D eigenvalue weighted by atomic mass is 35.5. The summed E-state index contributed by atoms with van der Waals surface area (Å²) in [6.07, 6.45) is 0. The predicted octanol–water partition coefficient (Wildman–Crippen LogP) is 1.44. The number of likely N-dealkylation sites (tertiary alicyclic amines) is 1. The van der Waals surface area contributed by atoms with Crippen molar-refractivity contribution in [3.8, 4) is 0 Å². The van der Waals surface area contributed by atoms with Crippen LogP contribution in [0.15, 0.2) is 0 Å². The van der Waals surface area contributed by atoms with Crippen molar-refractivity contribution in [2.45, 2.75) is 46.7 Å². The van der Waals surface area contributed by atoms with E-state index in [0.717, 1.165) is 0 Å². The van der Waals surface area contributed by atoms with Crippen molar-refractivity contribution >= 4 is 24.3 Å². The molecule has 0 aromatic heterocycles. The third-order valence-corrected chi connectivity index (χ3v) is 5.13. The Morgan fingerprint density at radius 3 is 2.29 bits per heavy atom. The standard InChI is InChI=1S/C15H26N2O3.ClH/c1-14(2,3)11(16)12(18)17-7-8-9(15(8,4)5)10(17)13(19)20-6;/h8-11H,7,16H2,1-6H3;1H/t8-,9-,10+,11-;/m1./s1. The molecule has 2 rings (SSSR count). The van der Waals surface area contributed by atoms with Crippen molar-refractivity contribution in [1.29, 1.82) is 0 Å². The molecule has 1 saturated carbocycles. The average Bonchev–Trinajstić information content (AvgIpc) is 2.75. The number of halogens is 1. The molecule has 5 nitrogen and oxygen atoms in total. The van der Waals surface area contributed by atoms with Gasteiger partial charge in [0.05, 0.1) is 13.2 Å². The number of hydrogen-bond donors (Lipinski definition) is 1. The van der Waals surface area contributed by atoms with Gasteiger partial charge in [-0.25, -0.2) is 4.79 Å². The number of fused-ring (bicyclic) bond motifs is 1. The quantitative estimate of drug-likeness (QED) is 0.782. The normalized spacial score (nSPS) is 31.0. The molecule has 2 fully saturated rings. The van der Waals surface area contributed by atoms with Gasteiger partial charge in [0.1, 0.15) is 6.04 Å². The van der Waals surface area contributed by atoms with Crippen LogP contribution in [0.2, 0.25) is 0 Å². The van der Waals surface area contributed by atoms with Crippen molar-refractivity contribution in [2.75, 3.05) is 13.7 Å². The molecule has 4 atom stereocenters. The number of esters is 1. The number of carbonyl (C=O) groups excluding carboxylic acids is 2. The molecule has 0 aromatic carbocycles. The summed E-state index contributed by atoms with van der Waals surface area (Å²) < 4.78 is 4.90. The molecule has 1 aliphatic carbocycles. The van der Waals surface area contributed by atoms with Gasteiger partial charge in [-0.15, -0.1) is 12.4 Å². The van der Waals surface area contributed by atoms with Gasteiger partial charge >= 0.3 is 5.97 Å². The van der Waals surface area contributed by atoms with E-state index in [2.05, 4.69) is 13.8 Å². The van der Waals surface area contributed by atoms with E-state index in [-0.39, 0.29) is 41.0 Å². The van der Waals surface area contributed by atoms with Crippen molar-refractivity contribution in [2.24, 2.45) is 28.4 Å². The van der Waals surface area contributed by atoms with E-state index >= 15 is 0 Å². The maximum atomic E-state index is 12.6. The molecule has 0 bridgehead atoms. The van der Waals surface area contributed by atoms with Gasteiger partial charge in [0.25, 0.3) is 0 Å². The Morgan fingerprint density at radius 2 is 1.86 bits per heavy atom. The largest absolute Gasteiger partial charge is 0.467 e. The lowest BCUT2D eigenvalue weighted by Crippen LogP contribution is -2.55. The lowest BCUT2D eigenvalue weighted by atomic mass is 9.86. The van der Waals surface area contributed by atoms with Crippen LogP contribution in [0.1, 0.15) is 34.6 Å². The molecule has 1 saturated heterocycles. The number of methoxy groups -OCH3 is 1. The first-order valence-electron chi connectivity index (χ1n) is 7.17. The first-order valence-corrected chi connectivity index (χ1v) is 7.17. The molecule has 122 valence electrons. The van der Waals surface area contributed by atoms with Crippen LogP contribution in [0.4, 0.5) is 0 Å². The van der Waals surface area contributed by atoms with Gasteiger partial charge in [-0.3, -0.25) is 4.79 Å². The van der Waals surface area contributed by atoms with Gasteiger partial charge < -0.3 is 15.4 Å². The number of piperidine rings is 1. The number of rotatable bonds is 2. The molecule has 2 N–H and O–H groups in total. The van der Waals surface area contributed by atoms with E-state index in [1.807, 2.05) is 20.8 Å². The molecule has 2 aliphatic rings. The van der Waals surface area contributed by atoms with Crippen molar-refractivity contribution < 1.29 is 14.3 Å². The molecule has 6 heteroatoms. The van der Waals surface area contributed by atoms with Crippen LogP contribution < -0.4 is 5.73 Å². The van der Waals surface area contributed by atoms with Crippen molar-refractivity contribution in [1.82, 2.24) is 4.90 Å². The summed E-state index contributed by atoms with van der Waals surface area (Å²) in [6.45, 7) is 10.7. The van der Waals surface area contributed by atoms with Crippen molar-refractivity contribution in [3.05, 3.63) is 0 Å². The monoisotopic (exact) mass is 318 g/mol. The summed E-state index contributed by atoms with van der Waals surface area (Å²) in [6, 6.07) is -1.07. The summed E-state index contributed by atoms with van der Waals surface area (Å²) in [5, 5.41) is 0. The van der Waals surface area contributed by atoms with E-state index < -0.39 is 12.1 Å². The molecule has 1 heterocycles. The number of ether oxygens (including phenoxy) is 1. The molecule has 0 spiro atoms. The number of nitrogens with two attached hydrogens (primary N) is 1. The molecular weight excluding hydrogens is 292 g/mol. The minimum absolute atomic E-state index is 0. The number of hydrogen-bond acceptors (Lipinski definition) is 4. The fourth-order valence-corrected chi connectivity index (χ4v) is 3.45. The number of carbonyl (C=O) groups is 2. The molecule has 1 amide bonds. The SMILES string of the molecule is COC(=O)[C@@H]1[C@H]2[C@@H](CN1C(=O)[C@@H](N)C(C)(C)C)C2(C)C.Cl. The maximum absolute atomic E-state index is 12.6. The zero-order valence-electron chi connectivity index (χ0n) is 13.7. The van der Waals surface area contributed by atoms with Crippen LogP contribution in [-0.2, 0) is 14.3 Å². The van der Waals surface area contributed by atoms with Crippen LogP contribution in [0.3, 0.4) is 0 Å². The van der Waals surface area contributed by atoms with Crippen LogP contribution in [0.5, 0.6) is 0 Å². The van der Waals surface area contributed by atoms with Gasteiger partial charge in [-0.1, -0.05) is 34.6 Å². The maximum Gasteiger partial charge on any atom is 0.328 e. The Labute approximate surface area is 133 Å². The van der Waals surface area contributed by atoms with Gasteiger partial charge in [0.2, 0.25) is 5.91 Å². The average molecular weight is 319 g/mol.